The van der Waals surface area contributed by atoms with E-state index in [1.807, 2.05) is 12.1 Å². The van der Waals surface area contributed by atoms with Crippen LogP contribution in [0.4, 0.5) is 0 Å². The first kappa shape index (κ1) is 28.0. The van der Waals surface area contributed by atoms with Gasteiger partial charge in [0.05, 0.1) is 22.1 Å². The van der Waals surface area contributed by atoms with Crippen molar-refractivity contribution in [2.45, 2.75) is 0 Å². The lowest BCUT2D eigenvalue weighted by Gasteiger charge is -2.12. The first-order valence-electron chi connectivity index (χ1n) is 17.4. The van der Waals surface area contributed by atoms with Crippen molar-refractivity contribution in [2.75, 3.05) is 0 Å². The second kappa shape index (κ2) is 10.8. The Hall–Kier alpha value is -6.84. The Kier molecular flexibility index (Phi) is 5.96. The maximum atomic E-state index is 6.47. The lowest BCUT2D eigenvalue weighted by molar-refractivity contribution is 0.670. The summed E-state index contributed by atoms with van der Waals surface area (Å²) in [6.45, 7) is 0. The Labute approximate surface area is 293 Å². The molecule has 51 heavy (non-hydrogen) atoms. The molecular formula is C48H30N2O. The van der Waals surface area contributed by atoms with Gasteiger partial charge in [-0.25, -0.2) is 0 Å². The molecule has 0 bridgehead atoms. The lowest BCUT2D eigenvalue weighted by atomic mass is 10.0. The molecule has 3 heteroatoms. The zero-order chi connectivity index (χ0) is 33.5. The highest BCUT2D eigenvalue weighted by Crippen LogP contribution is 2.43. The molecule has 0 spiro atoms. The molecule has 0 saturated carbocycles. The van der Waals surface area contributed by atoms with Gasteiger partial charge in [0.2, 0.25) is 0 Å². The Bertz CT molecular complexity index is 3140. The molecule has 8 aromatic carbocycles. The van der Waals surface area contributed by atoms with Crippen molar-refractivity contribution in [1.29, 1.82) is 0 Å². The number of nitrogens with zero attached hydrogens (tertiary/aromatic N) is 2. The summed E-state index contributed by atoms with van der Waals surface area (Å²) < 4.78 is 11.4. The van der Waals surface area contributed by atoms with Gasteiger partial charge in [-0.1, -0.05) is 133 Å². The number of hydrogen-bond donors (Lipinski definition) is 0. The van der Waals surface area contributed by atoms with Gasteiger partial charge in [0.25, 0.3) is 0 Å². The van der Waals surface area contributed by atoms with E-state index < -0.39 is 0 Å². The highest BCUT2D eigenvalue weighted by molar-refractivity contribution is 6.26. The van der Waals surface area contributed by atoms with Gasteiger partial charge in [0, 0.05) is 49.3 Å². The molecule has 3 nitrogen and oxygen atoms in total. The topological polar surface area (TPSA) is 23.0 Å². The van der Waals surface area contributed by atoms with Crippen LogP contribution >= 0.6 is 0 Å². The van der Waals surface area contributed by atoms with Crippen LogP contribution in [0.5, 0.6) is 0 Å². The second-order valence-electron chi connectivity index (χ2n) is 13.3. The van der Waals surface area contributed by atoms with Gasteiger partial charge in [0.1, 0.15) is 11.2 Å². The van der Waals surface area contributed by atoms with Crippen molar-refractivity contribution in [3.8, 4) is 33.6 Å². The maximum absolute atomic E-state index is 6.47. The third-order valence-corrected chi connectivity index (χ3v) is 10.5. The summed E-state index contributed by atoms with van der Waals surface area (Å²) in [5, 5.41) is 7.24. The number of benzene rings is 8. The molecule has 0 aliphatic carbocycles. The summed E-state index contributed by atoms with van der Waals surface area (Å²) in [7, 11) is 0. The summed E-state index contributed by atoms with van der Waals surface area (Å²) in [5.41, 5.74) is 13.5. The Morgan fingerprint density at radius 1 is 0.353 bits per heavy atom. The molecule has 0 unspecified atom stereocenters. The van der Waals surface area contributed by atoms with E-state index in [2.05, 4.69) is 179 Å². The molecule has 238 valence electrons. The van der Waals surface area contributed by atoms with E-state index in [4.69, 9.17) is 4.42 Å². The number of fused-ring (bicyclic) bond motifs is 10. The van der Waals surface area contributed by atoms with Gasteiger partial charge in [-0.05, 0) is 65.2 Å². The first-order valence-corrected chi connectivity index (χ1v) is 17.4. The number of aromatic nitrogens is 2. The molecule has 0 N–H and O–H groups in total. The fourth-order valence-electron chi connectivity index (χ4n) is 8.30. The Morgan fingerprint density at radius 3 is 1.80 bits per heavy atom. The summed E-state index contributed by atoms with van der Waals surface area (Å²) in [6.07, 6.45) is 0. The van der Waals surface area contributed by atoms with Crippen molar-refractivity contribution < 1.29 is 4.42 Å². The van der Waals surface area contributed by atoms with Crippen LogP contribution in [0.25, 0.3) is 99.2 Å². The Morgan fingerprint density at radius 2 is 0.961 bits per heavy atom. The number of furan rings is 1. The molecule has 11 aromatic rings. The molecule has 0 radical (unpaired) electrons. The highest BCUT2D eigenvalue weighted by Gasteiger charge is 2.21. The van der Waals surface area contributed by atoms with Crippen LogP contribution in [-0.4, -0.2) is 9.13 Å². The lowest BCUT2D eigenvalue weighted by Crippen LogP contribution is -1.96. The van der Waals surface area contributed by atoms with Crippen LogP contribution in [0.2, 0.25) is 0 Å². The zero-order valence-electron chi connectivity index (χ0n) is 27.6. The number of rotatable bonds is 4. The van der Waals surface area contributed by atoms with Crippen molar-refractivity contribution >= 4 is 65.6 Å². The molecule has 0 saturated heterocycles. The molecule has 3 heterocycles. The fraction of sp³-hybridized carbons (Fsp3) is 0. The summed E-state index contributed by atoms with van der Waals surface area (Å²) in [5.74, 6) is 0. The number of hydrogen-bond acceptors (Lipinski definition) is 1. The minimum absolute atomic E-state index is 0.909. The van der Waals surface area contributed by atoms with Crippen molar-refractivity contribution in [2.24, 2.45) is 0 Å². The number of para-hydroxylation sites is 4. The van der Waals surface area contributed by atoms with Gasteiger partial charge in [-0.3, -0.25) is 0 Å². The first-order chi connectivity index (χ1) is 25.3. The standard InChI is InChI=1S/C48H30N2O/c1-2-13-31(14-3-1)32-15-10-18-35(29-32)50-42-24-7-4-19-37(42)39-27-28-44-46(47(39)50)41-21-5-8-25-43(41)49(44)34-17-11-16-33(30-34)36-22-12-23-40-38-20-6-9-26-45(38)51-48(36)40/h1-30H. The quantitative estimate of drug-likeness (QED) is 0.186. The molecule has 3 aromatic heterocycles. The SMILES string of the molecule is c1ccc(-c2cccc(-n3c4ccccc4c4ccc5c(c6ccccc6n5-c5cccc(-c6cccc7c6oc6ccccc67)c5)c43)c2)cc1. The monoisotopic (exact) mass is 650 g/mol. The predicted molar refractivity (Wildman–Crippen MR) is 213 cm³/mol. The van der Waals surface area contributed by atoms with Crippen LogP contribution in [0.3, 0.4) is 0 Å². The van der Waals surface area contributed by atoms with E-state index in [1.165, 1.54) is 54.7 Å². The minimum Gasteiger partial charge on any atom is -0.455 e. The normalized spacial score (nSPS) is 11.9. The van der Waals surface area contributed by atoms with Crippen LogP contribution in [0.15, 0.2) is 186 Å². The molecule has 0 amide bonds. The Balaban J connectivity index is 1.19. The predicted octanol–water partition coefficient (Wildman–Crippen LogP) is 13.1. The second-order valence-corrected chi connectivity index (χ2v) is 13.3. The van der Waals surface area contributed by atoms with Gasteiger partial charge in [0.15, 0.2) is 0 Å². The third-order valence-electron chi connectivity index (χ3n) is 10.5. The molecule has 0 atom stereocenters. The molecular weight excluding hydrogens is 621 g/mol. The van der Waals surface area contributed by atoms with Crippen molar-refractivity contribution in [3.63, 3.8) is 0 Å². The average molecular weight is 651 g/mol. The van der Waals surface area contributed by atoms with E-state index in [0.717, 1.165) is 44.4 Å². The van der Waals surface area contributed by atoms with Crippen molar-refractivity contribution in [3.05, 3.63) is 182 Å². The molecule has 0 aliphatic heterocycles. The van der Waals surface area contributed by atoms with Gasteiger partial charge in [-0.15, -0.1) is 0 Å². The van der Waals surface area contributed by atoms with Gasteiger partial charge in [-0.2, -0.15) is 0 Å². The van der Waals surface area contributed by atoms with E-state index in [0.29, 0.717) is 0 Å². The van der Waals surface area contributed by atoms with E-state index in [-0.39, 0.29) is 0 Å². The summed E-state index contributed by atoms with van der Waals surface area (Å²) in [6, 6.07) is 65.4. The smallest absolute Gasteiger partial charge is 0.143 e. The zero-order valence-corrected chi connectivity index (χ0v) is 27.6. The van der Waals surface area contributed by atoms with Gasteiger partial charge < -0.3 is 13.6 Å². The minimum atomic E-state index is 0.909. The third kappa shape index (κ3) is 4.12. The molecule has 0 fully saturated rings. The van der Waals surface area contributed by atoms with Gasteiger partial charge >= 0.3 is 0 Å². The largest absolute Gasteiger partial charge is 0.455 e. The van der Waals surface area contributed by atoms with E-state index in [1.54, 1.807) is 0 Å². The van der Waals surface area contributed by atoms with Crippen LogP contribution in [0, 0.1) is 0 Å². The van der Waals surface area contributed by atoms with E-state index >= 15 is 0 Å². The van der Waals surface area contributed by atoms with E-state index in [9.17, 15) is 0 Å². The van der Waals surface area contributed by atoms with Crippen LogP contribution in [-0.2, 0) is 0 Å². The molecule has 0 aliphatic rings. The molecule has 11 rings (SSSR count). The summed E-state index contributed by atoms with van der Waals surface area (Å²) in [4.78, 5) is 0. The van der Waals surface area contributed by atoms with Crippen LogP contribution in [0.1, 0.15) is 0 Å². The fourth-order valence-corrected chi connectivity index (χ4v) is 8.30. The average Bonchev–Trinajstić information content (AvgIpc) is 3.86. The maximum Gasteiger partial charge on any atom is 0.143 e. The van der Waals surface area contributed by atoms with Crippen LogP contribution < -0.4 is 0 Å². The van der Waals surface area contributed by atoms with Crippen molar-refractivity contribution in [1.82, 2.24) is 9.13 Å². The highest BCUT2D eigenvalue weighted by atomic mass is 16.3. The summed E-state index contributed by atoms with van der Waals surface area (Å²) >= 11 is 0.